The minimum absolute atomic E-state index is 0.0362. The number of H-pyrrole nitrogens is 1. The van der Waals surface area contributed by atoms with Crippen molar-refractivity contribution < 1.29 is 5.11 Å². The minimum atomic E-state index is -0.349. The molecule has 2 unspecified atom stereocenters. The molecule has 0 amide bonds. The Morgan fingerprint density at radius 1 is 1.17 bits per heavy atom. The number of aromatic amines is 1. The SMILES string of the molecule is CCCCn1c(O)c(C2CC(c3ccccc3)Sc3ccccc3N2)c(=O)[nH]c1=S. The van der Waals surface area contributed by atoms with Gasteiger partial charge in [0.1, 0.15) is 0 Å². The summed E-state index contributed by atoms with van der Waals surface area (Å²) in [5, 5.41) is 14.7. The summed E-state index contributed by atoms with van der Waals surface area (Å²) >= 11 is 7.09. The highest BCUT2D eigenvalue weighted by molar-refractivity contribution is 7.99. The maximum absolute atomic E-state index is 12.9. The van der Waals surface area contributed by atoms with Gasteiger partial charge in [0.15, 0.2) is 4.77 Å². The van der Waals surface area contributed by atoms with E-state index in [1.807, 2.05) is 36.4 Å². The summed E-state index contributed by atoms with van der Waals surface area (Å²) in [6.45, 7) is 2.66. The zero-order chi connectivity index (χ0) is 21.1. The first-order valence-electron chi connectivity index (χ1n) is 10.2. The number of nitrogens with zero attached hydrogens (tertiary/aromatic N) is 1. The number of para-hydroxylation sites is 1. The van der Waals surface area contributed by atoms with Crippen molar-refractivity contribution in [2.75, 3.05) is 5.32 Å². The molecule has 0 spiro atoms. The van der Waals surface area contributed by atoms with Crippen LogP contribution in [0.2, 0.25) is 0 Å². The summed E-state index contributed by atoms with van der Waals surface area (Å²) in [6.07, 6.45) is 2.50. The third-order valence-electron chi connectivity index (χ3n) is 5.40. The number of rotatable bonds is 5. The maximum Gasteiger partial charge on any atom is 0.260 e. The van der Waals surface area contributed by atoms with Gasteiger partial charge in [0, 0.05) is 22.4 Å². The Balaban J connectivity index is 1.81. The van der Waals surface area contributed by atoms with Crippen LogP contribution in [0.1, 0.15) is 48.6 Å². The van der Waals surface area contributed by atoms with Crippen molar-refractivity contribution in [3.8, 4) is 5.88 Å². The number of nitrogens with one attached hydrogen (secondary N) is 2. The van der Waals surface area contributed by atoms with E-state index in [0.717, 1.165) is 23.4 Å². The number of benzene rings is 2. The number of hydrogen-bond acceptors (Lipinski definition) is 5. The van der Waals surface area contributed by atoms with Crippen LogP contribution in [-0.2, 0) is 6.54 Å². The Morgan fingerprint density at radius 2 is 1.90 bits per heavy atom. The maximum atomic E-state index is 12.9. The number of thioether (sulfide) groups is 1. The van der Waals surface area contributed by atoms with E-state index in [1.165, 1.54) is 5.56 Å². The molecule has 3 aromatic rings. The van der Waals surface area contributed by atoms with Gasteiger partial charge in [-0.25, -0.2) is 0 Å². The normalized spacial score (nSPS) is 18.3. The van der Waals surface area contributed by atoms with Crippen LogP contribution in [0.25, 0.3) is 0 Å². The molecule has 30 heavy (non-hydrogen) atoms. The first-order chi connectivity index (χ1) is 14.6. The Bertz CT molecular complexity index is 1140. The zero-order valence-electron chi connectivity index (χ0n) is 16.8. The van der Waals surface area contributed by atoms with E-state index in [-0.39, 0.29) is 27.5 Å². The molecule has 1 aliphatic rings. The highest BCUT2D eigenvalue weighted by Gasteiger charge is 2.30. The van der Waals surface area contributed by atoms with E-state index >= 15 is 0 Å². The molecule has 1 aromatic heterocycles. The number of anilines is 1. The van der Waals surface area contributed by atoms with Crippen LogP contribution in [0.5, 0.6) is 5.88 Å². The molecular formula is C23H25N3O2S2. The lowest BCUT2D eigenvalue weighted by Crippen LogP contribution is -2.25. The van der Waals surface area contributed by atoms with Gasteiger partial charge >= 0.3 is 0 Å². The average molecular weight is 440 g/mol. The van der Waals surface area contributed by atoms with Gasteiger partial charge < -0.3 is 10.4 Å². The summed E-state index contributed by atoms with van der Waals surface area (Å²) in [5.41, 5.74) is 2.17. The van der Waals surface area contributed by atoms with Gasteiger partial charge in [-0.3, -0.25) is 14.3 Å². The fraction of sp³-hybridized carbons (Fsp3) is 0.304. The zero-order valence-corrected chi connectivity index (χ0v) is 18.4. The van der Waals surface area contributed by atoms with Gasteiger partial charge in [-0.15, -0.1) is 11.8 Å². The van der Waals surface area contributed by atoms with Crippen molar-refractivity contribution in [1.82, 2.24) is 9.55 Å². The molecule has 4 rings (SSSR count). The molecule has 0 fully saturated rings. The summed E-state index contributed by atoms with van der Waals surface area (Å²) < 4.78 is 1.90. The Labute approximate surface area is 185 Å². The lowest BCUT2D eigenvalue weighted by molar-refractivity contribution is 0.387. The van der Waals surface area contributed by atoms with Crippen molar-refractivity contribution in [3.05, 3.63) is 80.8 Å². The second kappa shape index (κ2) is 9.10. The van der Waals surface area contributed by atoms with Crippen molar-refractivity contribution in [2.45, 2.75) is 48.9 Å². The lowest BCUT2D eigenvalue weighted by atomic mass is 9.99. The first-order valence-corrected chi connectivity index (χ1v) is 11.5. The number of hydrogen-bond donors (Lipinski definition) is 3. The van der Waals surface area contributed by atoms with E-state index in [4.69, 9.17) is 12.2 Å². The van der Waals surface area contributed by atoms with Crippen LogP contribution < -0.4 is 10.9 Å². The van der Waals surface area contributed by atoms with Gasteiger partial charge in [0.25, 0.3) is 5.56 Å². The first kappa shape index (κ1) is 20.8. The summed E-state index contributed by atoms with van der Waals surface area (Å²) in [4.78, 5) is 16.8. The molecule has 0 bridgehead atoms. The molecule has 2 aromatic carbocycles. The summed E-state index contributed by atoms with van der Waals surface area (Å²) in [5.74, 6) is -0.0362. The van der Waals surface area contributed by atoms with Gasteiger partial charge in [-0.2, -0.15) is 0 Å². The molecule has 5 nitrogen and oxygen atoms in total. The molecule has 7 heteroatoms. The van der Waals surface area contributed by atoms with Gasteiger partial charge in [-0.1, -0.05) is 55.8 Å². The predicted octanol–water partition coefficient (Wildman–Crippen LogP) is 5.80. The molecule has 0 saturated heterocycles. The van der Waals surface area contributed by atoms with Crippen molar-refractivity contribution >= 4 is 29.7 Å². The van der Waals surface area contributed by atoms with Crippen LogP contribution in [0, 0.1) is 4.77 Å². The van der Waals surface area contributed by atoms with Gasteiger partial charge in [0.05, 0.1) is 11.6 Å². The molecule has 1 aliphatic heterocycles. The Morgan fingerprint density at radius 3 is 2.67 bits per heavy atom. The van der Waals surface area contributed by atoms with Crippen LogP contribution in [-0.4, -0.2) is 14.7 Å². The van der Waals surface area contributed by atoms with E-state index in [1.54, 1.807) is 16.3 Å². The highest BCUT2D eigenvalue weighted by atomic mass is 32.2. The van der Waals surface area contributed by atoms with Crippen LogP contribution in [0.15, 0.2) is 64.3 Å². The van der Waals surface area contributed by atoms with Crippen LogP contribution in [0.4, 0.5) is 5.69 Å². The Kier molecular flexibility index (Phi) is 6.29. The van der Waals surface area contributed by atoms with Gasteiger partial charge in [-0.05, 0) is 42.8 Å². The van der Waals surface area contributed by atoms with E-state index in [9.17, 15) is 9.90 Å². The standard InChI is InChI=1S/C23H25N3O2S2/c1-2-3-13-26-22(28)20(21(27)25-23(26)29)17-14-19(15-9-5-4-6-10-15)30-18-12-8-7-11-16(18)24-17/h4-12,17,19,24,28H,2-3,13-14H2,1H3,(H,25,27,29). The molecule has 0 radical (unpaired) electrons. The molecule has 3 N–H and O–H groups in total. The minimum Gasteiger partial charge on any atom is -0.494 e. The molecule has 0 aliphatic carbocycles. The topological polar surface area (TPSA) is 70.0 Å². The van der Waals surface area contributed by atoms with E-state index in [2.05, 4.69) is 35.4 Å². The van der Waals surface area contributed by atoms with E-state index in [0.29, 0.717) is 18.5 Å². The molecule has 0 saturated carbocycles. The summed E-state index contributed by atoms with van der Waals surface area (Å²) in [7, 11) is 0. The third kappa shape index (κ3) is 4.18. The van der Waals surface area contributed by atoms with Crippen molar-refractivity contribution in [2.24, 2.45) is 0 Å². The quantitative estimate of drug-likeness (QED) is 0.438. The fourth-order valence-corrected chi connectivity index (χ4v) is 5.40. The van der Waals surface area contributed by atoms with Crippen LogP contribution >= 0.6 is 24.0 Å². The second-order valence-corrected chi connectivity index (χ2v) is 9.08. The highest BCUT2D eigenvalue weighted by Crippen LogP contribution is 2.48. The predicted molar refractivity (Wildman–Crippen MR) is 125 cm³/mol. The fourth-order valence-electron chi connectivity index (χ4n) is 3.83. The van der Waals surface area contributed by atoms with Gasteiger partial charge in [0.2, 0.25) is 5.88 Å². The number of fused-ring (bicyclic) bond motifs is 1. The average Bonchev–Trinajstić information content (AvgIpc) is 2.93. The molecular weight excluding hydrogens is 414 g/mol. The number of unbranched alkanes of at least 4 members (excludes halogenated alkanes) is 1. The number of aromatic hydroxyl groups is 1. The van der Waals surface area contributed by atoms with Crippen molar-refractivity contribution in [1.29, 1.82) is 0 Å². The molecule has 2 heterocycles. The van der Waals surface area contributed by atoms with Crippen LogP contribution in [0.3, 0.4) is 0 Å². The smallest absolute Gasteiger partial charge is 0.260 e. The Hall–Kier alpha value is -2.51. The monoisotopic (exact) mass is 439 g/mol. The third-order valence-corrected chi connectivity index (χ3v) is 7.08. The largest absolute Gasteiger partial charge is 0.494 e. The number of aromatic nitrogens is 2. The molecule has 2 atom stereocenters. The summed E-state index contributed by atoms with van der Waals surface area (Å²) in [6, 6.07) is 18.0. The lowest BCUT2D eigenvalue weighted by Gasteiger charge is -2.23. The molecule has 156 valence electrons. The second-order valence-electron chi connectivity index (χ2n) is 7.45. The van der Waals surface area contributed by atoms with E-state index < -0.39 is 0 Å². The van der Waals surface area contributed by atoms with Crippen molar-refractivity contribution in [3.63, 3.8) is 0 Å².